The first kappa shape index (κ1) is 15.0. The Morgan fingerprint density at radius 2 is 2.09 bits per heavy atom. The zero-order valence-electron chi connectivity index (χ0n) is 14.0. The van der Waals surface area contributed by atoms with E-state index < -0.39 is 0 Å². The Bertz CT molecular complexity index is 638. The van der Waals surface area contributed by atoms with Crippen LogP contribution in [0.5, 0.6) is 5.75 Å². The quantitative estimate of drug-likeness (QED) is 0.791. The highest BCUT2D eigenvalue weighted by atomic mass is 16.5. The van der Waals surface area contributed by atoms with Gasteiger partial charge in [-0.15, -0.1) is 0 Å². The lowest BCUT2D eigenvalue weighted by molar-refractivity contribution is -0.154. The Morgan fingerprint density at radius 1 is 1.26 bits per heavy atom. The molecule has 3 aliphatic carbocycles. The van der Waals surface area contributed by atoms with Gasteiger partial charge in [0.05, 0.1) is 0 Å². The minimum Gasteiger partial charge on any atom is -0.508 e. The maximum absolute atomic E-state index is 11.4. The van der Waals surface area contributed by atoms with Gasteiger partial charge in [-0.1, -0.05) is 13.0 Å². The molecule has 5 atom stereocenters. The summed E-state index contributed by atoms with van der Waals surface area (Å²) >= 11 is 0. The average molecular weight is 314 g/mol. The van der Waals surface area contributed by atoms with E-state index in [0.29, 0.717) is 23.5 Å². The van der Waals surface area contributed by atoms with Gasteiger partial charge in [0, 0.05) is 12.3 Å². The van der Waals surface area contributed by atoms with Gasteiger partial charge in [-0.25, -0.2) is 0 Å². The number of hydrogen-bond donors (Lipinski definition) is 1. The number of ether oxygens (including phenoxy) is 1. The number of fused-ring (bicyclic) bond motifs is 5. The second-order valence-corrected chi connectivity index (χ2v) is 8.02. The Hall–Kier alpha value is -1.51. The number of esters is 1. The van der Waals surface area contributed by atoms with Crippen molar-refractivity contribution < 1.29 is 14.6 Å². The molecule has 3 aliphatic rings. The van der Waals surface area contributed by atoms with Gasteiger partial charge in [0.1, 0.15) is 11.9 Å². The van der Waals surface area contributed by atoms with Crippen molar-refractivity contribution in [2.75, 3.05) is 0 Å². The van der Waals surface area contributed by atoms with Crippen molar-refractivity contribution in [2.45, 2.75) is 64.4 Å². The first-order chi connectivity index (χ1) is 11.0. The molecule has 23 heavy (non-hydrogen) atoms. The second kappa shape index (κ2) is 5.25. The molecular formula is C20H26O3. The molecule has 0 amide bonds. The predicted molar refractivity (Wildman–Crippen MR) is 88.3 cm³/mol. The van der Waals surface area contributed by atoms with Gasteiger partial charge in [-0.3, -0.25) is 4.79 Å². The van der Waals surface area contributed by atoms with E-state index in [4.69, 9.17) is 4.74 Å². The summed E-state index contributed by atoms with van der Waals surface area (Å²) in [6.07, 6.45) is 6.89. The summed E-state index contributed by atoms with van der Waals surface area (Å²) in [5.41, 5.74) is 2.95. The Kier molecular flexibility index (Phi) is 3.44. The zero-order valence-corrected chi connectivity index (χ0v) is 14.0. The molecule has 0 aromatic heterocycles. The van der Waals surface area contributed by atoms with Gasteiger partial charge >= 0.3 is 5.97 Å². The van der Waals surface area contributed by atoms with Crippen LogP contribution in [0.4, 0.5) is 0 Å². The summed E-state index contributed by atoms with van der Waals surface area (Å²) < 4.78 is 5.68. The highest BCUT2D eigenvalue weighted by Gasteiger charge is 2.56. The van der Waals surface area contributed by atoms with Crippen molar-refractivity contribution in [1.82, 2.24) is 0 Å². The molecule has 1 aromatic rings. The number of carbonyl (C=O) groups is 1. The molecule has 3 nitrogen and oxygen atoms in total. The van der Waals surface area contributed by atoms with E-state index in [1.54, 1.807) is 0 Å². The molecule has 0 bridgehead atoms. The maximum atomic E-state index is 11.4. The van der Waals surface area contributed by atoms with Crippen LogP contribution in [0.2, 0.25) is 0 Å². The number of benzene rings is 1. The largest absolute Gasteiger partial charge is 0.508 e. The van der Waals surface area contributed by atoms with Crippen LogP contribution in [0.15, 0.2) is 18.2 Å². The van der Waals surface area contributed by atoms with Crippen LogP contribution >= 0.6 is 0 Å². The van der Waals surface area contributed by atoms with Gasteiger partial charge in [0.15, 0.2) is 0 Å². The SMILES string of the molecule is CC(=O)O[C@@H]1CC[C@@H]2[C@H]3CCc4cc(O)ccc4[C@@H]3CC[C@@]21C. The third-order valence-electron chi connectivity index (χ3n) is 6.93. The monoisotopic (exact) mass is 314 g/mol. The Labute approximate surface area is 138 Å². The summed E-state index contributed by atoms with van der Waals surface area (Å²) in [5.74, 6) is 2.23. The number of hydrogen-bond acceptors (Lipinski definition) is 3. The van der Waals surface area contributed by atoms with Crippen molar-refractivity contribution >= 4 is 5.97 Å². The van der Waals surface area contributed by atoms with Crippen molar-refractivity contribution in [3.8, 4) is 5.75 Å². The molecule has 2 saturated carbocycles. The second-order valence-electron chi connectivity index (χ2n) is 8.02. The first-order valence-corrected chi connectivity index (χ1v) is 8.98. The maximum Gasteiger partial charge on any atom is 0.302 e. The van der Waals surface area contributed by atoms with Crippen LogP contribution in [0, 0.1) is 17.3 Å². The van der Waals surface area contributed by atoms with Gasteiger partial charge in [0.2, 0.25) is 0 Å². The molecule has 0 saturated heterocycles. The number of phenols is 1. The summed E-state index contributed by atoms with van der Waals surface area (Å²) in [6, 6.07) is 5.93. The van der Waals surface area contributed by atoms with Crippen LogP contribution in [-0.2, 0) is 16.0 Å². The number of carbonyl (C=O) groups excluding carboxylic acids is 1. The molecule has 1 aromatic carbocycles. The highest BCUT2D eigenvalue weighted by Crippen LogP contribution is 2.61. The molecule has 3 heteroatoms. The molecule has 4 rings (SSSR count). The van der Waals surface area contributed by atoms with Crippen molar-refractivity contribution in [3.63, 3.8) is 0 Å². The highest BCUT2D eigenvalue weighted by molar-refractivity contribution is 5.66. The molecular weight excluding hydrogens is 288 g/mol. The lowest BCUT2D eigenvalue weighted by Crippen LogP contribution is -2.45. The van der Waals surface area contributed by atoms with Crippen molar-refractivity contribution in [1.29, 1.82) is 0 Å². The third kappa shape index (κ3) is 2.28. The van der Waals surface area contributed by atoms with Crippen molar-refractivity contribution in [2.24, 2.45) is 17.3 Å². The van der Waals surface area contributed by atoms with Gasteiger partial charge in [0.25, 0.3) is 0 Å². The average Bonchev–Trinajstić information content (AvgIpc) is 2.83. The minimum atomic E-state index is -0.136. The smallest absolute Gasteiger partial charge is 0.302 e. The van der Waals surface area contributed by atoms with Crippen LogP contribution in [-0.4, -0.2) is 17.2 Å². The lowest BCUT2D eigenvalue weighted by atomic mass is 9.55. The summed E-state index contributed by atoms with van der Waals surface area (Å²) in [6.45, 7) is 3.88. The van der Waals surface area contributed by atoms with Crippen LogP contribution in [0.3, 0.4) is 0 Å². The number of phenolic OH excluding ortho intramolecular Hbond substituents is 1. The van der Waals surface area contributed by atoms with Gasteiger partial charge in [-0.2, -0.15) is 0 Å². The van der Waals surface area contributed by atoms with Gasteiger partial charge < -0.3 is 9.84 Å². The molecule has 0 radical (unpaired) electrons. The van der Waals surface area contributed by atoms with Crippen LogP contribution in [0.1, 0.15) is 63.0 Å². The molecule has 0 unspecified atom stereocenters. The minimum absolute atomic E-state index is 0.104. The van der Waals surface area contributed by atoms with E-state index in [9.17, 15) is 9.90 Å². The van der Waals surface area contributed by atoms with Crippen molar-refractivity contribution in [3.05, 3.63) is 29.3 Å². The predicted octanol–water partition coefficient (Wildman–Crippen LogP) is 4.18. The summed E-state index contributed by atoms with van der Waals surface area (Å²) in [5, 5.41) is 9.75. The van der Waals surface area contributed by atoms with Crippen LogP contribution in [0.25, 0.3) is 0 Å². The molecule has 0 heterocycles. The lowest BCUT2D eigenvalue weighted by Gasteiger charge is -2.50. The van der Waals surface area contributed by atoms with E-state index >= 15 is 0 Å². The molecule has 1 N–H and O–H groups in total. The summed E-state index contributed by atoms with van der Waals surface area (Å²) in [4.78, 5) is 11.4. The fourth-order valence-corrected chi connectivity index (χ4v) is 5.91. The summed E-state index contributed by atoms with van der Waals surface area (Å²) in [7, 11) is 0. The standard InChI is InChI=1S/C20H26O3/c1-12(21)23-19-8-7-18-17-5-3-13-11-14(22)4-6-15(13)16(17)9-10-20(18,19)2/h4,6,11,16-19,22H,3,5,7-10H2,1-2H3/t16-,17-,18+,19+,20-/m0/s1. The number of aromatic hydroxyl groups is 1. The first-order valence-electron chi connectivity index (χ1n) is 8.98. The Balaban J connectivity index is 1.63. The van der Waals surface area contributed by atoms with E-state index in [2.05, 4.69) is 13.0 Å². The number of rotatable bonds is 1. The molecule has 0 aliphatic heterocycles. The van der Waals surface area contributed by atoms with Gasteiger partial charge in [-0.05, 0) is 79.5 Å². The van der Waals surface area contributed by atoms with E-state index in [-0.39, 0.29) is 17.5 Å². The van der Waals surface area contributed by atoms with E-state index in [1.807, 2.05) is 12.1 Å². The number of aryl methyl sites for hydroxylation is 1. The van der Waals surface area contributed by atoms with E-state index in [1.165, 1.54) is 37.3 Å². The topological polar surface area (TPSA) is 46.5 Å². The molecule has 124 valence electrons. The molecule has 0 spiro atoms. The normalized spacial score (nSPS) is 38.3. The van der Waals surface area contributed by atoms with Crippen LogP contribution < -0.4 is 0 Å². The molecule has 2 fully saturated rings. The fraction of sp³-hybridized carbons (Fsp3) is 0.650. The fourth-order valence-electron chi connectivity index (χ4n) is 5.91. The Morgan fingerprint density at radius 3 is 2.87 bits per heavy atom. The third-order valence-corrected chi connectivity index (χ3v) is 6.93. The van der Waals surface area contributed by atoms with E-state index in [0.717, 1.165) is 19.3 Å². The zero-order chi connectivity index (χ0) is 16.2.